The number of carbonyl (C=O) groups excluding carboxylic acids is 2. The summed E-state index contributed by atoms with van der Waals surface area (Å²) in [5.74, 6) is -0.324. The highest BCUT2D eigenvalue weighted by Gasteiger charge is 2.31. The van der Waals surface area contributed by atoms with Crippen molar-refractivity contribution in [3.63, 3.8) is 0 Å². The Morgan fingerprint density at radius 1 is 1.37 bits per heavy atom. The van der Waals surface area contributed by atoms with Crippen molar-refractivity contribution >= 4 is 11.9 Å². The van der Waals surface area contributed by atoms with Crippen LogP contribution in [0, 0.1) is 5.92 Å². The number of hydrogen-bond donors (Lipinski definition) is 0. The van der Waals surface area contributed by atoms with Crippen molar-refractivity contribution in [3.05, 3.63) is 0 Å². The zero-order valence-corrected chi connectivity index (χ0v) is 12.4. The second kappa shape index (κ2) is 6.89. The van der Waals surface area contributed by atoms with E-state index in [1.807, 2.05) is 13.8 Å². The number of rotatable bonds is 5. The van der Waals surface area contributed by atoms with Gasteiger partial charge < -0.3 is 14.4 Å². The van der Waals surface area contributed by atoms with E-state index >= 15 is 0 Å². The Bertz CT molecular complexity index is 327. The number of amides is 1. The van der Waals surface area contributed by atoms with Crippen molar-refractivity contribution < 1.29 is 19.1 Å². The van der Waals surface area contributed by atoms with Crippen LogP contribution in [0.5, 0.6) is 0 Å². The van der Waals surface area contributed by atoms with Crippen molar-refractivity contribution in [2.75, 3.05) is 26.8 Å². The molecule has 0 aliphatic carbocycles. The summed E-state index contributed by atoms with van der Waals surface area (Å²) in [6.45, 7) is 7.14. The molecule has 0 radical (unpaired) electrons. The smallest absolute Gasteiger partial charge is 0.310 e. The van der Waals surface area contributed by atoms with Gasteiger partial charge in [0.1, 0.15) is 0 Å². The molecular weight excluding hydrogens is 246 g/mol. The molecule has 0 N–H and O–H groups in total. The van der Waals surface area contributed by atoms with Crippen molar-refractivity contribution in [1.82, 2.24) is 4.90 Å². The van der Waals surface area contributed by atoms with Crippen LogP contribution in [0.2, 0.25) is 0 Å². The van der Waals surface area contributed by atoms with Gasteiger partial charge in [-0.3, -0.25) is 9.59 Å². The largest absolute Gasteiger partial charge is 0.466 e. The summed E-state index contributed by atoms with van der Waals surface area (Å²) in [5.41, 5.74) is -0.464. The molecule has 1 rings (SSSR count). The number of methoxy groups -OCH3 is 1. The Balaban J connectivity index is 2.54. The van der Waals surface area contributed by atoms with Gasteiger partial charge in [0, 0.05) is 20.2 Å². The molecule has 19 heavy (non-hydrogen) atoms. The summed E-state index contributed by atoms with van der Waals surface area (Å²) in [6.07, 6.45) is 1.98. The van der Waals surface area contributed by atoms with Crippen LogP contribution in [0.3, 0.4) is 0 Å². The van der Waals surface area contributed by atoms with Gasteiger partial charge in [-0.25, -0.2) is 0 Å². The maximum atomic E-state index is 12.2. The first kappa shape index (κ1) is 16.0. The number of carbonyl (C=O) groups is 2. The molecule has 1 aliphatic heterocycles. The van der Waals surface area contributed by atoms with E-state index in [2.05, 4.69) is 0 Å². The molecule has 0 aromatic carbocycles. The second-order valence-electron chi connectivity index (χ2n) is 5.57. The Morgan fingerprint density at radius 2 is 2.05 bits per heavy atom. The number of esters is 1. The molecular formula is C14H25NO4. The highest BCUT2D eigenvalue weighted by Crippen LogP contribution is 2.21. The molecule has 0 bridgehead atoms. The summed E-state index contributed by atoms with van der Waals surface area (Å²) in [5, 5.41) is 0. The van der Waals surface area contributed by atoms with Gasteiger partial charge in [-0.2, -0.15) is 0 Å². The van der Waals surface area contributed by atoms with E-state index in [1.54, 1.807) is 18.9 Å². The third-order valence-electron chi connectivity index (χ3n) is 3.52. The quantitative estimate of drug-likeness (QED) is 0.713. The van der Waals surface area contributed by atoms with Gasteiger partial charge >= 0.3 is 5.97 Å². The zero-order valence-electron chi connectivity index (χ0n) is 12.4. The Morgan fingerprint density at radius 3 is 2.63 bits per heavy atom. The minimum absolute atomic E-state index is 0.0425. The molecule has 1 amide bonds. The monoisotopic (exact) mass is 271 g/mol. The topological polar surface area (TPSA) is 55.8 Å². The highest BCUT2D eigenvalue weighted by molar-refractivity contribution is 5.79. The maximum absolute atomic E-state index is 12.2. The number of likely N-dealkylation sites (tertiary alicyclic amines) is 1. The highest BCUT2D eigenvalue weighted by atomic mass is 16.5. The first-order chi connectivity index (χ1) is 8.89. The summed E-state index contributed by atoms with van der Waals surface area (Å²) in [7, 11) is 1.60. The number of nitrogens with zero attached hydrogens (tertiary/aromatic N) is 1. The minimum atomic E-state index is -0.464. The average Bonchev–Trinajstić information content (AvgIpc) is 2.38. The minimum Gasteiger partial charge on any atom is -0.466 e. The zero-order chi connectivity index (χ0) is 14.5. The van der Waals surface area contributed by atoms with Crippen LogP contribution in [0.15, 0.2) is 0 Å². The van der Waals surface area contributed by atoms with Crippen molar-refractivity contribution in [3.8, 4) is 0 Å². The fourth-order valence-electron chi connectivity index (χ4n) is 2.20. The first-order valence-electron chi connectivity index (χ1n) is 6.89. The van der Waals surface area contributed by atoms with E-state index in [-0.39, 0.29) is 17.8 Å². The molecule has 110 valence electrons. The summed E-state index contributed by atoms with van der Waals surface area (Å²) >= 11 is 0. The fraction of sp³-hybridized carbons (Fsp3) is 0.857. The number of piperidine rings is 1. The summed E-state index contributed by atoms with van der Waals surface area (Å²) in [6, 6.07) is 0. The molecule has 5 nitrogen and oxygen atoms in total. The molecule has 0 saturated carbocycles. The second-order valence-corrected chi connectivity index (χ2v) is 5.57. The lowest BCUT2D eigenvalue weighted by Gasteiger charge is -2.33. The standard InChI is InChI=1S/C14H25NO4/c1-5-19-13(17)11-7-6-8-15(10-11)12(16)9-14(2,3)18-4/h11H,5-10H2,1-4H3/t11-/m0/s1. The van der Waals surface area contributed by atoms with Gasteiger partial charge in [0.15, 0.2) is 0 Å². The van der Waals surface area contributed by atoms with Crippen LogP contribution in [-0.4, -0.2) is 49.2 Å². The Labute approximate surface area is 115 Å². The predicted octanol–water partition coefficient (Wildman–Crippen LogP) is 1.60. The van der Waals surface area contributed by atoms with Gasteiger partial charge in [-0.05, 0) is 33.6 Å². The van der Waals surface area contributed by atoms with Crippen LogP contribution in [0.25, 0.3) is 0 Å². The SMILES string of the molecule is CCOC(=O)[C@H]1CCCN(C(=O)CC(C)(C)OC)C1. The lowest BCUT2D eigenvalue weighted by molar-refractivity contribution is -0.151. The summed E-state index contributed by atoms with van der Waals surface area (Å²) < 4.78 is 10.3. The number of ether oxygens (including phenoxy) is 2. The van der Waals surface area contributed by atoms with Crippen molar-refractivity contribution in [1.29, 1.82) is 0 Å². The number of hydrogen-bond acceptors (Lipinski definition) is 4. The van der Waals surface area contributed by atoms with E-state index < -0.39 is 5.60 Å². The van der Waals surface area contributed by atoms with Gasteiger partial charge in [-0.1, -0.05) is 0 Å². The molecule has 0 aromatic rings. The van der Waals surface area contributed by atoms with Crippen LogP contribution in [-0.2, 0) is 19.1 Å². The third kappa shape index (κ3) is 4.82. The van der Waals surface area contributed by atoms with Crippen LogP contribution in [0.1, 0.15) is 40.0 Å². The van der Waals surface area contributed by atoms with Gasteiger partial charge in [-0.15, -0.1) is 0 Å². The van der Waals surface area contributed by atoms with Gasteiger partial charge in [0.25, 0.3) is 0 Å². The van der Waals surface area contributed by atoms with Gasteiger partial charge in [0.05, 0.1) is 24.5 Å². The predicted molar refractivity (Wildman–Crippen MR) is 71.6 cm³/mol. The molecule has 5 heteroatoms. The lowest BCUT2D eigenvalue weighted by atomic mass is 9.96. The lowest BCUT2D eigenvalue weighted by Crippen LogP contribution is -2.45. The van der Waals surface area contributed by atoms with Crippen LogP contribution in [0.4, 0.5) is 0 Å². The van der Waals surface area contributed by atoms with Crippen molar-refractivity contribution in [2.24, 2.45) is 5.92 Å². The molecule has 0 aromatic heterocycles. The van der Waals surface area contributed by atoms with Crippen LogP contribution < -0.4 is 0 Å². The molecule has 1 saturated heterocycles. The van der Waals surface area contributed by atoms with E-state index in [0.717, 1.165) is 12.8 Å². The summed E-state index contributed by atoms with van der Waals surface area (Å²) in [4.78, 5) is 25.7. The third-order valence-corrected chi connectivity index (χ3v) is 3.52. The fourth-order valence-corrected chi connectivity index (χ4v) is 2.20. The Hall–Kier alpha value is -1.10. The van der Waals surface area contributed by atoms with Crippen molar-refractivity contribution in [2.45, 2.75) is 45.6 Å². The molecule has 1 heterocycles. The van der Waals surface area contributed by atoms with Crippen LogP contribution >= 0.6 is 0 Å². The average molecular weight is 271 g/mol. The Kier molecular flexibility index (Phi) is 5.79. The molecule has 1 fully saturated rings. The molecule has 0 unspecified atom stereocenters. The first-order valence-corrected chi connectivity index (χ1v) is 6.89. The van der Waals surface area contributed by atoms with E-state index in [0.29, 0.717) is 26.1 Å². The molecule has 1 aliphatic rings. The maximum Gasteiger partial charge on any atom is 0.310 e. The normalized spacial score (nSPS) is 20.2. The van der Waals surface area contributed by atoms with E-state index in [4.69, 9.17) is 9.47 Å². The molecule has 1 atom stereocenters. The van der Waals surface area contributed by atoms with E-state index in [1.165, 1.54) is 0 Å². The van der Waals surface area contributed by atoms with Gasteiger partial charge in [0.2, 0.25) is 5.91 Å². The van der Waals surface area contributed by atoms with E-state index in [9.17, 15) is 9.59 Å². The molecule has 0 spiro atoms.